The molecule has 3 heteroatoms. The number of phenolic OH excluding ortho intramolecular Hbond substituents is 1. The molecule has 1 aromatic carbocycles. The standard InChI is InChI=1S/C14H23NO2/c1-10(2)14(17)9-15-11(3)8-12-4-6-13(16)7-5-12/h4-7,10-11,14-17H,8-9H2,1-3H3. The van der Waals surface area contributed by atoms with E-state index in [0.29, 0.717) is 18.3 Å². The van der Waals surface area contributed by atoms with E-state index < -0.39 is 0 Å². The fraction of sp³-hybridized carbons (Fsp3) is 0.571. The van der Waals surface area contributed by atoms with Gasteiger partial charge in [-0.15, -0.1) is 0 Å². The lowest BCUT2D eigenvalue weighted by Gasteiger charge is -2.19. The summed E-state index contributed by atoms with van der Waals surface area (Å²) in [5, 5.41) is 22.2. The van der Waals surface area contributed by atoms with Gasteiger partial charge in [0.15, 0.2) is 0 Å². The van der Waals surface area contributed by atoms with E-state index in [1.165, 1.54) is 5.56 Å². The van der Waals surface area contributed by atoms with Crippen LogP contribution in [0.2, 0.25) is 0 Å². The third-order valence-corrected chi connectivity index (χ3v) is 2.92. The summed E-state index contributed by atoms with van der Waals surface area (Å²) in [4.78, 5) is 0. The van der Waals surface area contributed by atoms with Crippen LogP contribution in [0.5, 0.6) is 5.75 Å². The molecule has 0 fully saturated rings. The van der Waals surface area contributed by atoms with Crippen molar-refractivity contribution in [1.82, 2.24) is 5.32 Å². The van der Waals surface area contributed by atoms with Crippen LogP contribution in [-0.4, -0.2) is 28.9 Å². The van der Waals surface area contributed by atoms with Crippen molar-refractivity contribution in [3.8, 4) is 5.75 Å². The maximum Gasteiger partial charge on any atom is 0.115 e. The van der Waals surface area contributed by atoms with Crippen LogP contribution in [0.15, 0.2) is 24.3 Å². The van der Waals surface area contributed by atoms with Crippen LogP contribution < -0.4 is 5.32 Å². The van der Waals surface area contributed by atoms with E-state index >= 15 is 0 Å². The Hall–Kier alpha value is -1.06. The quantitative estimate of drug-likeness (QED) is 0.708. The average Bonchev–Trinajstić information content (AvgIpc) is 2.29. The second kappa shape index (κ2) is 6.62. The zero-order valence-electron chi connectivity index (χ0n) is 10.9. The molecule has 17 heavy (non-hydrogen) atoms. The third-order valence-electron chi connectivity index (χ3n) is 2.92. The number of nitrogens with one attached hydrogen (secondary N) is 1. The van der Waals surface area contributed by atoms with Gasteiger partial charge in [-0.2, -0.15) is 0 Å². The van der Waals surface area contributed by atoms with Crippen molar-refractivity contribution in [2.24, 2.45) is 5.92 Å². The topological polar surface area (TPSA) is 52.5 Å². The molecule has 3 nitrogen and oxygen atoms in total. The van der Waals surface area contributed by atoms with Gasteiger partial charge in [-0.3, -0.25) is 0 Å². The Morgan fingerprint density at radius 2 is 1.71 bits per heavy atom. The molecule has 0 aliphatic heterocycles. The summed E-state index contributed by atoms with van der Waals surface area (Å²) in [5.41, 5.74) is 1.18. The molecule has 0 heterocycles. The predicted molar refractivity (Wildman–Crippen MR) is 70.1 cm³/mol. The molecule has 0 aliphatic carbocycles. The van der Waals surface area contributed by atoms with Crippen molar-refractivity contribution < 1.29 is 10.2 Å². The summed E-state index contributed by atoms with van der Waals surface area (Å²) in [6.45, 7) is 6.74. The highest BCUT2D eigenvalue weighted by molar-refractivity contribution is 5.26. The molecule has 96 valence electrons. The normalized spacial score (nSPS) is 14.9. The van der Waals surface area contributed by atoms with E-state index in [-0.39, 0.29) is 12.0 Å². The SMILES string of the molecule is CC(Cc1ccc(O)cc1)NCC(O)C(C)C. The minimum atomic E-state index is -0.294. The first kappa shape index (κ1) is 14.0. The second-order valence-corrected chi connectivity index (χ2v) is 4.99. The molecule has 0 radical (unpaired) electrons. The minimum Gasteiger partial charge on any atom is -0.508 e. The number of aliphatic hydroxyl groups is 1. The van der Waals surface area contributed by atoms with Gasteiger partial charge in [0.2, 0.25) is 0 Å². The van der Waals surface area contributed by atoms with Crippen molar-refractivity contribution in [3.63, 3.8) is 0 Å². The van der Waals surface area contributed by atoms with Gasteiger partial charge in [-0.05, 0) is 37.0 Å². The molecule has 2 unspecified atom stereocenters. The van der Waals surface area contributed by atoms with Crippen LogP contribution >= 0.6 is 0 Å². The van der Waals surface area contributed by atoms with Gasteiger partial charge in [-0.25, -0.2) is 0 Å². The van der Waals surface area contributed by atoms with E-state index in [9.17, 15) is 10.2 Å². The minimum absolute atomic E-state index is 0.281. The first-order chi connectivity index (χ1) is 7.99. The van der Waals surface area contributed by atoms with Gasteiger partial charge < -0.3 is 15.5 Å². The lowest BCUT2D eigenvalue weighted by atomic mass is 10.0. The molecule has 1 rings (SSSR count). The van der Waals surface area contributed by atoms with Crippen LogP contribution in [0.3, 0.4) is 0 Å². The lowest BCUT2D eigenvalue weighted by molar-refractivity contribution is 0.120. The Morgan fingerprint density at radius 1 is 1.12 bits per heavy atom. The van der Waals surface area contributed by atoms with Crippen LogP contribution in [0.1, 0.15) is 26.3 Å². The molecule has 0 aliphatic rings. The molecular weight excluding hydrogens is 214 g/mol. The Labute approximate surface area is 103 Å². The predicted octanol–water partition coefficient (Wildman–Crippen LogP) is 1.93. The maximum atomic E-state index is 9.68. The van der Waals surface area contributed by atoms with Crippen molar-refractivity contribution in [2.75, 3.05) is 6.54 Å². The maximum absolute atomic E-state index is 9.68. The molecule has 2 atom stereocenters. The van der Waals surface area contributed by atoms with Gasteiger partial charge in [0, 0.05) is 12.6 Å². The van der Waals surface area contributed by atoms with Gasteiger partial charge in [-0.1, -0.05) is 26.0 Å². The molecule has 0 saturated carbocycles. The number of benzene rings is 1. The second-order valence-electron chi connectivity index (χ2n) is 4.99. The molecule has 3 N–H and O–H groups in total. The number of hydrogen-bond donors (Lipinski definition) is 3. The Kier molecular flexibility index (Phi) is 5.45. The zero-order valence-corrected chi connectivity index (χ0v) is 10.9. The van der Waals surface area contributed by atoms with Gasteiger partial charge in [0.05, 0.1) is 6.10 Å². The van der Waals surface area contributed by atoms with E-state index in [1.807, 2.05) is 26.0 Å². The van der Waals surface area contributed by atoms with Crippen molar-refractivity contribution in [2.45, 2.75) is 39.3 Å². The largest absolute Gasteiger partial charge is 0.508 e. The number of phenols is 1. The molecule has 0 spiro atoms. The van der Waals surface area contributed by atoms with Crippen LogP contribution in [0.4, 0.5) is 0 Å². The van der Waals surface area contributed by atoms with Gasteiger partial charge in [0.25, 0.3) is 0 Å². The number of aromatic hydroxyl groups is 1. The first-order valence-corrected chi connectivity index (χ1v) is 6.18. The molecular formula is C14H23NO2. The monoisotopic (exact) mass is 237 g/mol. The van der Waals surface area contributed by atoms with Crippen LogP contribution in [0.25, 0.3) is 0 Å². The summed E-state index contributed by atoms with van der Waals surface area (Å²) in [7, 11) is 0. The summed E-state index contributed by atoms with van der Waals surface area (Å²) < 4.78 is 0. The van der Waals surface area contributed by atoms with Gasteiger partial charge in [0.1, 0.15) is 5.75 Å². The summed E-state index contributed by atoms with van der Waals surface area (Å²) >= 11 is 0. The Morgan fingerprint density at radius 3 is 2.24 bits per heavy atom. The van der Waals surface area contributed by atoms with E-state index in [2.05, 4.69) is 12.2 Å². The number of aliphatic hydroxyl groups excluding tert-OH is 1. The summed E-state index contributed by atoms with van der Waals surface area (Å²) in [6.07, 6.45) is 0.600. The molecule has 0 amide bonds. The summed E-state index contributed by atoms with van der Waals surface area (Å²) in [6, 6.07) is 7.56. The van der Waals surface area contributed by atoms with Crippen molar-refractivity contribution >= 4 is 0 Å². The third kappa shape index (κ3) is 5.20. The fourth-order valence-corrected chi connectivity index (χ4v) is 1.62. The van der Waals surface area contributed by atoms with Crippen molar-refractivity contribution in [3.05, 3.63) is 29.8 Å². The highest BCUT2D eigenvalue weighted by Crippen LogP contribution is 2.11. The van der Waals surface area contributed by atoms with E-state index in [0.717, 1.165) is 6.42 Å². The first-order valence-electron chi connectivity index (χ1n) is 6.18. The Bertz CT molecular complexity index is 321. The van der Waals surface area contributed by atoms with Crippen LogP contribution in [0, 0.1) is 5.92 Å². The molecule has 0 aromatic heterocycles. The number of hydrogen-bond acceptors (Lipinski definition) is 3. The fourth-order valence-electron chi connectivity index (χ4n) is 1.62. The Balaban J connectivity index is 2.34. The molecule has 0 bridgehead atoms. The molecule has 0 saturated heterocycles. The summed E-state index contributed by atoms with van der Waals surface area (Å²) in [5.74, 6) is 0.577. The van der Waals surface area contributed by atoms with Crippen molar-refractivity contribution in [1.29, 1.82) is 0 Å². The van der Waals surface area contributed by atoms with Crippen LogP contribution in [-0.2, 0) is 6.42 Å². The lowest BCUT2D eigenvalue weighted by Crippen LogP contribution is -2.37. The van der Waals surface area contributed by atoms with Gasteiger partial charge >= 0.3 is 0 Å². The van der Waals surface area contributed by atoms with E-state index in [1.54, 1.807) is 12.1 Å². The highest BCUT2D eigenvalue weighted by Gasteiger charge is 2.10. The average molecular weight is 237 g/mol. The van der Waals surface area contributed by atoms with E-state index in [4.69, 9.17) is 0 Å². The highest BCUT2D eigenvalue weighted by atomic mass is 16.3. The zero-order chi connectivity index (χ0) is 12.8. The number of rotatable bonds is 6. The smallest absolute Gasteiger partial charge is 0.115 e. The molecule has 1 aromatic rings.